The van der Waals surface area contributed by atoms with Crippen LogP contribution in [0.1, 0.15) is 63.9 Å². The lowest BCUT2D eigenvalue weighted by molar-refractivity contribution is 0.0684. The first-order valence-corrected chi connectivity index (χ1v) is 25.7. The molecule has 68 heavy (non-hydrogen) atoms. The standard InChI is InChI=1S/C21H27N7O4S.C13H11N5O3.C7H17N3O2S.CH4/c1-33(30,31)28-11-9-26(10-12-28)7-2-3-17(29)19-16-13-27(8-5-18(16)32-25-19)21-15-4-6-22-20(15)23-14-24-21;19-13(20)10-8-5-18(4-2-9(8)21-17-10)12-7-1-3-14-11(7)15-6-16-12;1-13(11,12)10-6-4-9(3-2-8)5-7-10;/h4,6,14H,2-3,5,7-13H2,1H3,(H,22,23,24);1,3,6H,2,4-5H2,(H,19,20)(H,14,15,16);2-8H2,1H3;1H4. The number of carbonyl (C=O) groups is 2. The fourth-order valence-corrected chi connectivity index (χ4v) is 10.4. The van der Waals surface area contributed by atoms with Crippen molar-refractivity contribution in [2.24, 2.45) is 5.73 Å². The van der Waals surface area contributed by atoms with Gasteiger partial charge in [-0.05, 0) is 25.1 Å². The van der Waals surface area contributed by atoms with Crippen LogP contribution in [0.3, 0.4) is 0 Å². The van der Waals surface area contributed by atoms with E-state index in [4.69, 9.17) is 19.9 Å². The summed E-state index contributed by atoms with van der Waals surface area (Å²) in [5.41, 5.74) is 8.81. The van der Waals surface area contributed by atoms with E-state index >= 15 is 0 Å². The van der Waals surface area contributed by atoms with E-state index < -0.39 is 26.0 Å². The van der Waals surface area contributed by atoms with Gasteiger partial charge in [-0.25, -0.2) is 41.6 Å². The smallest absolute Gasteiger partial charge is 0.358 e. The Hall–Kier alpha value is -5.90. The number of hydrogen-bond acceptors (Lipinski definition) is 19. The van der Waals surface area contributed by atoms with Gasteiger partial charge in [-0.3, -0.25) is 9.69 Å². The Kier molecular flexibility index (Phi) is 15.9. The van der Waals surface area contributed by atoms with Gasteiger partial charge in [-0.2, -0.15) is 8.61 Å². The third kappa shape index (κ3) is 11.5. The number of nitrogens with zero attached hydrogens (tertiary/aromatic N) is 12. The molecule has 5 N–H and O–H groups in total. The molecule has 0 amide bonds. The van der Waals surface area contributed by atoms with Gasteiger partial charge >= 0.3 is 5.97 Å². The molecule has 0 radical (unpaired) electrons. The molecule has 0 aromatic carbocycles. The summed E-state index contributed by atoms with van der Waals surface area (Å²) in [6, 6.07) is 3.86. The number of fused-ring (bicyclic) bond motifs is 4. The largest absolute Gasteiger partial charge is 0.476 e. The predicted octanol–water partition coefficient (Wildman–Crippen LogP) is 1.41. The summed E-state index contributed by atoms with van der Waals surface area (Å²) in [5, 5.41) is 18.8. The van der Waals surface area contributed by atoms with Gasteiger partial charge < -0.3 is 44.6 Å². The Balaban J connectivity index is 0.000000167. The Labute approximate surface area is 393 Å². The average Bonchev–Trinajstić information content (AvgIpc) is 4.15. The van der Waals surface area contributed by atoms with E-state index in [1.165, 1.54) is 27.4 Å². The van der Waals surface area contributed by atoms with Crippen LogP contribution in [0.15, 0.2) is 46.2 Å². The number of aromatic carboxylic acids is 1. The molecule has 4 aliphatic rings. The third-order valence-corrected chi connectivity index (χ3v) is 14.9. The molecule has 0 atom stereocenters. The summed E-state index contributed by atoms with van der Waals surface area (Å²) >= 11 is 0. The van der Waals surface area contributed by atoms with Crippen molar-refractivity contribution in [3.05, 3.63) is 71.2 Å². The van der Waals surface area contributed by atoms with Gasteiger partial charge in [0.1, 0.15) is 47.1 Å². The maximum Gasteiger partial charge on any atom is 0.358 e. The first-order chi connectivity index (χ1) is 32.2. The first kappa shape index (κ1) is 50.0. The maximum absolute atomic E-state index is 12.9. The SMILES string of the molecule is C.CS(=O)(=O)N1CCN(CCCC(=O)c2noc3c2CN(c2ncnc4[nH]ccc24)CC3)CC1.CS(=O)(=O)N1CCN(CCN)CC1.O=C(O)c1noc2c1CN(c1ncnc3[nH]ccc13)CC2. The molecule has 2 fully saturated rings. The number of sulfonamides is 2. The lowest BCUT2D eigenvalue weighted by Gasteiger charge is -2.33. The van der Waals surface area contributed by atoms with Gasteiger partial charge in [0.2, 0.25) is 20.0 Å². The fraction of sp³-hybridized carbons (Fsp3) is 0.524. The van der Waals surface area contributed by atoms with Gasteiger partial charge in [0, 0.05) is 121 Å². The number of carboxylic acids is 1. The first-order valence-electron chi connectivity index (χ1n) is 22.0. The number of aromatic nitrogens is 8. The third-order valence-electron chi connectivity index (χ3n) is 12.3. The van der Waals surface area contributed by atoms with Gasteiger partial charge in [0.15, 0.2) is 17.2 Å². The molecule has 2 saturated heterocycles. The molecule has 6 aromatic heterocycles. The molecule has 0 bridgehead atoms. The molecule has 26 heteroatoms. The van der Waals surface area contributed by atoms with Crippen molar-refractivity contribution in [1.82, 2.24) is 58.6 Å². The van der Waals surface area contributed by atoms with Crippen LogP contribution in [0.4, 0.5) is 11.6 Å². The van der Waals surface area contributed by atoms with Gasteiger partial charge in [-0.15, -0.1) is 0 Å². The van der Waals surface area contributed by atoms with Crippen LogP contribution >= 0.6 is 0 Å². The van der Waals surface area contributed by atoms with Crippen LogP contribution in [0.5, 0.6) is 0 Å². The highest BCUT2D eigenvalue weighted by Crippen LogP contribution is 2.31. The zero-order chi connectivity index (χ0) is 47.3. The summed E-state index contributed by atoms with van der Waals surface area (Å²) in [4.78, 5) is 56.0. The van der Waals surface area contributed by atoms with E-state index in [0.717, 1.165) is 77.8 Å². The van der Waals surface area contributed by atoms with E-state index in [9.17, 15) is 26.4 Å². The number of carboxylic acid groups (broad SMARTS) is 1. The lowest BCUT2D eigenvalue weighted by Crippen LogP contribution is -2.49. The highest BCUT2D eigenvalue weighted by molar-refractivity contribution is 7.88. The molecule has 10 rings (SSSR count). The number of hydrogen-bond donors (Lipinski definition) is 4. The molecule has 4 aliphatic heterocycles. The van der Waals surface area contributed by atoms with E-state index in [-0.39, 0.29) is 18.9 Å². The molecule has 6 aromatic rings. The monoisotopic (exact) mass is 981 g/mol. The van der Waals surface area contributed by atoms with Gasteiger partial charge in [0.25, 0.3) is 0 Å². The number of Topliss-reactive ketones (excluding diaryl/α,β-unsaturated/α-hetero) is 1. The van der Waals surface area contributed by atoms with Crippen molar-refractivity contribution in [3.63, 3.8) is 0 Å². The summed E-state index contributed by atoms with van der Waals surface area (Å²) < 4.78 is 59.2. The molecule has 10 heterocycles. The van der Waals surface area contributed by atoms with E-state index in [1.54, 1.807) is 12.5 Å². The zero-order valence-corrected chi connectivity index (χ0v) is 39.0. The van der Waals surface area contributed by atoms with Crippen molar-refractivity contribution < 1.29 is 40.6 Å². The Bertz CT molecular complexity index is 2900. The topological polar surface area (TPSA) is 303 Å². The Morgan fingerprint density at radius 3 is 1.59 bits per heavy atom. The summed E-state index contributed by atoms with van der Waals surface area (Å²) in [7, 11) is -6.12. The maximum atomic E-state index is 12.9. The Morgan fingerprint density at radius 1 is 0.676 bits per heavy atom. The average molecular weight is 982 g/mol. The summed E-state index contributed by atoms with van der Waals surface area (Å²) in [5.74, 6) is 1.93. The van der Waals surface area contributed by atoms with Crippen LogP contribution in [0.2, 0.25) is 0 Å². The number of carbonyl (C=O) groups excluding carboxylic acids is 1. The number of ketones is 1. The van der Waals surface area contributed by atoms with Crippen molar-refractivity contribution >= 4 is 65.5 Å². The number of aromatic amines is 2. The second-order valence-corrected chi connectivity index (χ2v) is 20.7. The van der Waals surface area contributed by atoms with Crippen LogP contribution in [-0.2, 0) is 46.0 Å². The normalized spacial score (nSPS) is 17.4. The van der Waals surface area contributed by atoms with E-state index in [2.05, 4.69) is 54.9 Å². The molecule has 0 unspecified atom stereocenters. The van der Waals surface area contributed by atoms with E-state index in [1.807, 2.05) is 23.2 Å². The quantitative estimate of drug-likeness (QED) is 0.126. The molecular weight excluding hydrogens is 923 g/mol. The number of H-pyrrole nitrogens is 2. The molecule has 0 spiro atoms. The number of anilines is 2. The molecule has 368 valence electrons. The van der Waals surface area contributed by atoms with Crippen LogP contribution in [-0.4, -0.2) is 190 Å². The summed E-state index contributed by atoms with van der Waals surface area (Å²) in [6.07, 6.45) is 11.5. The number of nitrogens with two attached hydrogens (primary N) is 1. The van der Waals surface area contributed by atoms with Crippen LogP contribution < -0.4 is 15.5 Å². The molecule has 24 nitrogen and oxygen atoms in total. The fourth-order valence-electron chi connectivity index (χ4n) is 8.72. The van der Waals surface area contributed by atoms with Crippen molar-refractivity contribution in [2.75, 3.05) is 107 Å². The van der Waals surface area contributed by atoms with Crippen molar-refractivity contribution in [3.8, 4) is 0 Å². The van der Waals surface area contributed by atoms with Gasteiger partial charge in [-0.1, -0.05) is 17.7 Å². The van der Waals surface area contributed by atoms with Crippen molar-refractivity contribution in [1.29, 1.82) is 0 Å². The number of piperazine rings is 2. The molecular formula is C42H59N15O9S2. The minimum atomic E-state index is -3.14. The second kappa shape index (κ2) is 21.6. The van der Waals surface area contributed by atoms with Crippen molar-refractivity contribution in [2.45, 2.75) is 46.2 Å². The second-order valence-electron chi connectivity index (χ2n) is 16.7. The predicted molar refractivity (Wildman–Crippen MR) is 252 cm³/mol. The zero-order valence-electron chi connectivity index (χ0n) is 37.4. The summed E-state index contributed by atoms with van der Waals surface area (Å²) in [6.45, 7) is 9.75. The molecule has 0 aliphatic carbocycles. The van der Waals surface area contributed by atoms with Crippen LogP contribution in [0.25, 0.3) is 22.1 Å². The minimum absolute atomic E-state index is 0. The van der Waals surface area contributed by atoms with Crippen LogP contribution in [0, 0.1) is 0 Å². The highest BCUT2D eigenvalue weighted by Gasteiger charge is 2.31. The molecule has 0 saturated carbocycles. The highest BCUT2D eigenvalue weighted by atomic mass is 32.2. The number of rotatable bonds is 12. The Morgan fingerprint density at radius 2 is 1.13 bits per heavy atom. The van der Waals surface area contributed by atoms with E-state index in [0.29, 0.717) is 108 Å². The minimum Gasteiger partial charge on any atom is -0.476 e. The number of nitrogens with one attached hydrogen (secondary N) is 2. The lowest BCUT2D eigenvalue weighted by atomic mass is 10.0. The van der Waals surface area contributed by atoms with Gasteiger partial charge in [0.05, 0.1) is 36.4 Å².